The Hall–Kier alpha value is -1.36. The Balaban J connectivity index is 2.11. The van der Waals surface area contributed by atoms with Gasteiger partial charge in [-0.3, -0.25) is 10.1 Å². The van der Waals surface area contributed by atoms with Crippen molar-refractivity contribution in [3.63, 3.8) is 0 Å². The summed E-state index contributed by atoms with van der Waals surface area (Å²) in [6.45, 7) is 1.88. The maximum Gasteiger partial charge on any atom is 0.433 e. The SMILES string of the molecule is O=[N+]([O-])c1ccc(C2CCCNC2)o1. The van der Waals surface area contributed by atoms with Crippen molar-refractivity contribution in [2.75, 3.05) is 13.1 Å². The van der Waals surface area contributed by atoms with Crippen molar-refractivity contribution in [2.45, 2.75) is 18.8 Å². The van der Waals surface area contributed by atoms with Crippen molar-refractivity contribution in [3.8, 4) is 0 Å². The fourth-order valence-electron chi connectivity index (χ4n) is 1.75. The Morgan fingerprint density at radius 1 is 1.57 bits per heavy atom. The van der Waals surface area contributed by atoms with E-state index in [0.29, 0.717) is 0 Å². The Morgan fingerprint density at radius 3 is 3.00 bits per heavy atom. The topological polar surface area (TPSA) is 68.3 Å². The number of rotatable bonds is 2. The Bertz CT molecular complexity index is 329. The van der Waals surface area contributed by atoms with Crippen molar-refractivity contribution in [1.29, 1.82) is 0 Å². The van der Waals surface area contributed by atoms with Crippen LogP contribution in [-0.2, 0) is 0 Å². The molecule has 1 aliphatic rings. The van der Waals surface area contributed by atoms with Gasteiger partial charge in [0.25, 0.3) is 0 Å². The molecular weight excluding hydrogens is 184 g/mol. The lowest BCUT2D eigenvalue weighted by atomic mass is 9.97. The fourth-order valence-corrected chi connectivity index (χ4v) is 1.75. The highest BCUT2D eigenvalue weighted by Gasteiger charge is 2.21. The van der Waals surface area contributed by atoms with E-state index in [9.17, 15) is 10.1 Å². The minimum absolute atomic E-state index is 0.162. The van der Waals surface area contributed by atoms with Crippen LogP contribution in [0.1, 0.15) is 24.5 Å². The van der Waals surface area contributed by atoms with E-state index >= 15 is 0 Å². The number of hydrogen-bond donors (Lipinski definition) is 1. The molecule has 2 rings (SSSR count). The summed E-state index contributed by atoms with van der Waals surface area (Å²) in [6, 6.07) is 3.12. The molecule has 0 aliphatic carbocycles. The normalized spacial score (nSPS) is 22.1. The number of hydrogen-bond acceptors (Lipinski definition) is 4. The molecular formula is C9H12N2O3. The molecule has 1 unspecified atom stereocenters. The predicted molar refractivity (Wildman–Crippen MR) is 50.2 cm³/mol. The van der Waals surface area contributed by atoms with Gasteiger partial charge in [-0.2, -0.15) is 0 Å². The second-order valence-electron chi connectivity index (χ2n) is 3.48. The highest BCUT2D eigenvalue weighted by atomic mass is 16.6. The van der Waals surface area contributed by atoms with Crippen LogP contribution in [0.3, 0.4) is 0 Å². The van der Waals surface area contributed by atoms with E-state index in [0.717, 1.165) is 31.7 Å². The molecule has 76 valence electrons. The van der Waals surface area contributed by atoms with Gasteiger partial charge in [0.15, 0.2) is 0 Å². The minimum atomic E-state index is -0.500. The molecule has 1 fully saturated rings. The third-order valence-electron chi connectivity index (χ3n) is 2.49. The summed E-state index contributed by atoms with van der Waals surface area (Å²) < 4.78 is 5.15. The van der Waals surface area contributed by atoms with E-state index < -0.39 is 4.92 Å². The molecule has 1 aliphatic heterocycles. The van der Waals surface area contributed by atoms with Gasteiger partial charge >= 0.3 is 5.88 Å². The lowest BCUT2D eigenvalue weighted by molar-refractivity contribution is -0.402. The van der Waals surface area contributed by atoms with Crippen LogP contribution < -0.4 is 5.32 Å². The van der Waals surface area contributed by atoms with Crippen LogP contribution in [0, 0.1) is 10.1 Å². The van der Waals surface area contributed by atoms with Crippen LogP contribution in [0.4, 0.5) is 5.88 Å². The monoisotopic (exact) mass is 196 g/mol. The summed E-state index contributed by atoms with van der Waals surface area (Å²) in [6.07, 6.45) is 2.14. The molecule has 1 saturated heterocycles. The van der Waals surface area contributed by atoms with Crippen molar-refractivity contribution >= 4 is 5.88 Å². The van der Waals surface area contributed by atoms with E-state index in [-0.39, 0.29) is 11.8 Å². The van der Waals surface area contributed by atoms with Crippen LogP contribution in [0.25, 0.3) is 0 Å². The van der Waals surface area contributed by atoms with E-state index in [1.165, 1.54) is 6.07 Å². The first-order chi connectivity index (χ1) is 6.77. The molecule has 1 atom stereocenters. The zero-order valence-corrected chi connectivity index (χ0v) is 7.73. The molecule has 0 amide bonds. The largest absolute Gasteiger partial charge is 0.433 e. The molecule has 0 bridgehead atoms. The molecule has 0 aromatic carbocycles. The first kappa shape index (κ1) is 9.21. The van der Waals surface area contributed by atoms with Gasteiger partial charge in [0.1, 0.15) is 10.7 Å². The first-order valence-electron chi connectivity index (χ1n) is 4.72. The van der Waals surface area contributed by atoms with Gasteiger partial charge in [0, 0.05) is 12.5 Å². The van der Waals surface area contributed by atoms with Gasteiger partial charge in [-0.25, -0.2) is 0 Å². The standard InChI is InChI=1S/C9H12N2O3/c12-11(13)9-4-3-8(14-9)7-2-1-5-10-6-7/h3-4,7,10H,1-2,5-6H2. The van der Waals surface area contributed by atoms with Crippen molar-refractivity contribution in [3.05, 3.63) is 28.0 Å². The summed E-state index contributed by atoms with van der Waals surface area (Å²) in [4.78, 5) is 9.89. The maximum atomic E-state index is 10.4. The number of nitrogens with zero attached hydrogens (tertiary/aromatic N) is 1. The van der Waals surface area contributed by atoms with Crippen molar-refractivity contribution < 1.29 is 9.34 Å². The molecule has 0 spiro atoms. The number of piperidine rings is 1. The molecule has 1 N–H and O–H groups in total. The van der Waals surface area contributed by atoms with Crippen LogP contribution in [0.5, 0.6) is 0 Å². The van der Waals surface area contributed by atoms with Gasteiger partial charge in [-0.15, -0.1) is 0 Å². The van der Waals surface area contributed by atoms with E-state index in [4.69, 9.17) is 4.42 Å². The molecule has 0 saturated carbocycles. The van der Waals surface area contributed by atoms with Gasteiger partial charge in [0.05, 0.1) is 6.07 Å². The van der Waals surface area contributed by atoms with Gasteiger partial charge < -0.3 is 9.73 Å². The predicted octanol–water partition coefficient (Wildman–Crippen LogP) is 1.65. The van der Waals surface area contributed by atoms with Gasteiger partial charge in [-0.1, -0.05) is 0 Å². The molecule has 2 heterocycles. The van der Waals surface area contributed by atoms with Crippen LogP contribution in [0.15, 0.2) is 16.5 Å². The quantitative estimate of drug-likeness (QED) is 0.576. The zero-order valence-electron chi connectivity index (χ0n) is 7.73. The third-order valence-corrected chi connectivity index (χ3v) is 2.49. The summed E-state index contributed by atoms with van der Waals surface area (Å²) in [5.74, 6) is 0.854. The number of furan rings is 1. The highest BCUT2D eigenvalue weighted by molar-refractivity contribution is 5.20. The Morgan fingerprint density at radius 2 is 2.43 bits per heavy atom. The highest BCUT2D eigenvalue weighted by Crippen LogP contribution is 2.27. The fraction of sp³-hybridized carbons (Fsp3) is 0.556. The van der Waals surface area contributed by atoms with Crippen LogP contribution >= 0.6 is 0 Å². The van der Waals surface area contributed by atoms with Crippen molar-refractivity contribution in [1.82, 2.24) is 5.32 Å². The van der Waals surface area contributed by atoms with Crippen LogP contribution in [-0.4, -0.2) is 18.0 Å². The third kappa shape index (κ3) is 1.77. The number of nitrogens with one attached hydrogen (secondary N) is 1. The molecule has 0 radical (unpaired) electrons. The number of nitro groups is 1. The lowest BCUT2D eigenvalue weighted by Crippen LogP contribution is -2.28. The average Bonchev–Trinajstić information content (AvgIpc) is 2.68. The molecule has 5 nitrogen and oxygen atoms in total. The second-order valence-corrected chi connectivity index (χ2v) is 3.48. The zero-order chi connectivity index (χ0) is 9.97. The second kappa shape index (κ2) is 3.79. The summed E-state index contributed by atoms with van der Waals surface area (Å²) in [5, 5.41) is 13.6. The molecule has 1 aromatic heterocycles. The summed E-state index contributed by atoms with van der Waals surface area (Å²) >= 11 is 0. The van der Waals surface area contributed by atoms with Crippen LogP contribution in [0.2, 0.25) is 0 Å². The van der Waals surface area contributed by atoms with E-state index in [2.05, 4.69) is 5.32 Å². The first-order valence-corrected chi connectivity index (χ1v) is 4.72. The average molecular weight is 196 g/mol. The Labute approximate surface area is 81.2 Å². The Kier molecular flexibility index (Phi) is 2.49. The lowest BCUT2D eigenvalue weighted by Gasteiger charge is -2.20. The van der Waals surface area contributed by atoms with Gasteiger partial charge in [-0.05, 0) is 25.5 Å². The van der Waals surface area contributed by atoms with Crippen molar-refractivity contribution in [2.24, 2.45) is 0 Å². The molecule has 14 heavy (non-hydrogen) atoms. The summed E-state index contributed by atoms with van der Waals surface area (Å²) in [7, 11) is 0. The van der Waals surface area contributed by atoms with E-state index in [1.54, 1.807) is 6.07 Å². The van der Waals surface area contributed by atoms with Gasteiger partial charge in [0.2, 0.25) is 0 Å². The summed E-state index contributed by atoms with van der Waals surface area (Å²) in [5.41, 5.74) is 0. The van der Waals surface area contributed by atoms with E-state index in [1.807, 2.05) is 0 Å². The maximum absolute atomic E-state index is 10.4. The molecule has 1 aromatic rings. The molecule has 5 heteroatoms. The minimum Gasteiger partial charge on any atom is -0.406 e. The smallest absolute Gasteiger partial charge is 0.406 e.